The van der Waals surface area contributed by atoms with Crippen molar-refractivity contribution in [2.45, 2.75) is 44.4 Å². The molecule has 1 spiro atoms. The van der Waals surface area contributed by atoms with Crippen LogP contribution in [0.2, 0.25) is 0 Å². The Morgan fingerprint density at radius 2 is 1.56 bits per heavy atom. The van der Waals surface area contributed by atoms with Crippen molar-refractivity contribution in [3.8, 4) is 17.1 Å². The molecule has 2 aliphatic heterocycles. The number of rotatable bonds is 4. The maximum atomic E-state index is 13.5. The second-order valence-electron chi connectivity index (χ2n) is 9.77. The first-order chi connectivity index (χ1) is 16.4. The van der Waals surface area contributed by atoms with Crippen LogP contribution in [0.5, 0.6) is 0 Å². The number of hydrogen-bond donors (Lipinski definition) is 0. The molecule has 1 aromatic carbocycles. The molecule has 1 saturated carbocycles. The van der Waals surface area contributed by atoms with Gasteiger partial charge in [-0.1, -0.05) is 21.1 Å². The number of halogens is 3. The summed E-state index contributed by atoms with van der Waals surface area (Å²) in [6.45, 7) is 2.62. The molecule has 3 fully saturated rings. The first-order valence-electron chi connectivity index (χ1n) is 11.8. The molecule has 0 amide bonds. The topological polar surface area (TPSA) is 63.0 Å². The van der Waals surface area contributed by atoms with Crippen molar-refractivity contribution >= 4 is 27.4 Å². The molecule has 4 heterocycles. The highest BCUT2D eigenvalue weighted by Crippen LogP contribution is 2.54. The van der Waals surface area contributed by atoms with E-state index >= 15 is 0 Å². The number of hydrogen-bond acceptors (Lipinski definition) is 6. The molecule has 1 aliphatic carbocycles. The molecule has 0 radical (unpaired) electrons. The van der Waals surface area contributed by atoms with Gasteiger partial charge >= 0.3 is 0 Å². The van der Waals surface area contributed by atoms with E-state index in [0.29, 0.717) is 22.6 Å². The largest absolute Gasteiger partial charge is 0.370 e. The zero-order valence-electron chi connectivity index (χ0n) is 18.8. The van der Waals surface area contributed by atoms with Gasteiger partial charge in [0, 0.05) is 43.5 Å². The molecule has 0 atom stereocenters. The van der Waals surface area contributed by atoms with Crippen LogP contribution >= 0.6 is 15.9 Å². The molecule has 0 N–H and O–H groups in total. The van der Waals surface area contributed by atoms with Gasteiger partial charge in [-0.2, -0.15) is 0 Å². The molecule has 10 heteroatoms. The number of alkyl halides is 2. The minimum absolute atomic E-state index is 0.168. The fraction of sp³-hybridized carbons (Fsp3) is 0.500. The van der Waals surface area contributed by atoms with E-state index in [9.17, 15) is 8.78 Å². The SMILES string of the molecule is FC1(F)CCN(c2cncc(-c3cn(-c4ccc(Br)cc4N4CCC5(CC4)CC5)nn3)n2)CC1. The zero-order chi connectivity index (χ0) is 23.3. The second-order valence-corrected chi connectivity index (χ2v) is 10.7. The van der Waals surface area contributed by atoms with Crippen LogP contribution in [0.25, 0.3) is 17.1 Å². The van der Waals surface area contributed by atoms with Crippen molar-refractivity contribution < 1.29 is 8.78 Å². The van der Waals surface area contributed by atoms with Crippen LogP contribution in [0.1, 0.15) is 38.5 Å². The van der Waals surface area contributed by atoms with E-state index < -0.39 is 5.92 Å². The lowest BCUT2D eigenvalue weighted by Gasteiger charge is -2.35. The average molecular weight is 530 g/mol. The summed E-state index contributed by atoms with van der Waals surface area (Å²) in [5, 5.41) is 8.75. The lowest BCUT2D eigenvalue weighted by Crippen LogP contribution is -2.39. The molecule has 6 rings (SSSR count). The smallest absolute Gasteiger partial charge is 0.251 e. The van der Waals surface area contributed by atoms with Gasteiger partial charge in [-0.3, -0.25) is 4.98 Å². The third-order valence-electron chi connectivity index (χ3n) is 7.50. The summed E-state index contributed by atoms with van der Waals surface area (Å²) in [4.78, 5) is 13.2. The predicted octanol–water partition coefficient (Wildman–Crippen LogP) is 5.10. The van der Waals surface area contributed by atoms with Gasteiger partial charge in [0.2, 0.25) is 0 Å². The van der Waals surface area contributed by atoms with Gasteiger partial charge in [-0.15, -0.1) is 5.10 Å². The van der Waals surface area contributed by atoms with Crippen LogP contribution in [-0.2, 0) is 0 Å². The first-order valence-corrected chi connectivity index (χ1v) is 12.6. The van der Waals surface area contributed by atoms with Crippen molar-refractivity contribution in [1.29, 1.82) is 0 Å². The fourth-order valence-electron chi connectivity index (χ4n) is 5.04. The lowest BCUT2D eigenvalue weighted by molar-refractivity contribution is -0.0221. The molecular weight excluding hydrogens is 504 g/mol. The summed E-state index contributed by atoms with van der Waals surface area (Å²) < 4.78 is 29.9. The number of aromatic nitrogens is 5. The lowest BCUT2D eigenvalue weighted by atomic mass is 9.93. The standard InChI is InChI=1S/C24H26BrF2N7/c25-17-1-2-20(21(13-17)32-9-5-23(3-4-23)6-10-32)34-16-19(30-31-34)18-14-28-15-22(29-18)33-11-7-24(26,27)8-12-33/h1-2,13-16H,3-12H2. The van der Waals surface area contributed by atoms with Gasteiger partial charge in [0.15, 0.2) is 0 Å². The van der Waals surface area contributed by atoms with E-state index in [2.05, 4.69) is 53.2 Å². The van der Waals surface area contributed by atoms with Gasteiger partial charge in [-0.05, 0) is 49.3 Å². The van der Waals surface area contributed by atoms with Crippen LogP contribution in [-0.4, -0.2) is 57.1 Å². The van der Waals surface area contributed by atoms with Crippen molar-refractivity contribution in [3.05, 3.63) is 41.3 Å². The molecule has 2 saturated heterocycles. The number of nitrogens with zero attached hydrogens (tertiary/aromatic N) is 7. The molecule has 0 unspecified atom stereocenters. The number of anilines is 2. The second kappa shape index (κ2) is 8.25. The summed E-state index contributed by atoms with van der Waals surface area (Å²) in [5.41, 5.74) is 3.89. The van der Waals surface area contributed by atoms with Crippen molar-refractivity contribution in [1.82, 2.24) is 25.0 Å². The monoisotopic (exact) mass is 529 g/mol. The fourth-order valence-corrected chi connectivity index (χ4v) is 5.38. The predicted molar refractivity (Wildman–Crippen MR) is 130 cm³/mol. The maximum absolute atomic E-state index is 13.5. The summed E-state index contributed by atoms with van der Waals surface area (Å²) >= 11 is 3.62. The van der Waals surface area contributed by atoms with Crippen molar-refractivity contribution in [2.75, 3.05) is 36.0 Å². The van der Waals surface area contributed by atoms with Gasteiger partial charge in [0.25, 0.3) is 5.92 Å². The molecule has 3 aromatic rings. The normalized spacial score (nSPS) is 21.1. The number of benzene rings is 1. The van der Waals surface area contributed by atoms with E-state index in [1.165, 1.54) is 25.7 Å². The van der Waals surface area contributed by atoms with Crippen molar-refractivity contribution in [3.63, 3.8) is 0 Å². The molecular formula is C24H26BrF2N7. The Morgan fingerprint density at radius 3 is 2.29 bits per heavy atom. The van der Waals surface area contributed by atoms with Crippen molar-refractivity contribution in [2.24, 2.45) is 5.41 Å². The minimum atomic E-state index is -2.60. The third-order valence-corrected chi connectivity index (χ3v) is 8.00. The Labute approximate surface area is 205 Å². The highest BCUT2D eigenvalue weighted by molar-refractivity contribution is 9.10. The zero-order valence-corrected chi connectivity index (χ0v) is 20.4. The summed E-state index contributed by atoms with van der Waals surface area (Å²) in [6.07, 6.45) is 10.0. The Kier molecular flexibility index (Phi) is 5.31. The van der Waals surface area contributed by atoms with Crippen LogP contribution in [0.3, 0.4) is 0 Å². The maximum Gasteiger partial charge on any atom is 0.251 e. The molecule has 7 nitrogen and oxygen atoms in total. The van der Waals surface area contributed by atoms with Gasteiger partial charge < -0.3 is 9.80 Å². The highest BCUT2D eigenvalue weighted by atomic mass is 79.9. The van der Waals surface area contributed by atoms with E-state index in [1.54, 1.807) is 17.1 Å². The van der Waals surface area contributed by atoms with Crippen LogP contribution in [0, 0.1) is 5.41 Å². The quantitative estimate of drug-likeness (QED) is 0.468. The summed E-state index contributed by atoms with van der Waals surface area (Å²) in [5.74, 6) is -2.01. The molecule has 0 bridgehead atoms. The molecule has 3 aliphatic rings. The summed E-state index contributed by atoms with van der Waals surface area (Å²) in [6, 6.07) is 6.21. The van der Waals surface area contributed by atoms with Crippen LogP contribution < -0.4 is 9.80 Å². The molecule has 34 heavy (non-hydrogen) atoms. The van der Waals surface area contributed by atoms with Crippen LogP contribution in [0.4, 0.5) is 20.3 Å². The van der Waals surface area contributed by atoms with E-state index in [-0.39, 0.29) is 25.9 Å². The Bertz CT molecular complexity index is 1190. The minimum Gasteiger partial charge on any atom is -0.370 e. The highest BCUT2D eigenvalue weighted by Gasteiger charge is 2.44. The van der Waals surface area contributed by atoms with Gasteiger partial charge in [-0.25, -0.2) is 18.4 Å². The van der Waals surface area contributed by atoms with Gasteiger partial charge in [0.05, 0.1) is 30.0 Å². The number of piperidine rings is 2. The Balaban J connectivity index is 1.25. The van der Waals surface area contributed by atoms with E-state index in [1.807, 2.05) is 17.2 Å². The Morgan fingerprint density at radius 1 is 0.824 bits per heavy atom. The van der Waals surface area contributed by atoms with E-state index in [0.717, 1.165) is 28.9 Å². The van der Waals surface area contributed by atoms with Gasteiger partial charge in [0.1, 0.15) is 17.2 Å². The average Bonchev–Trinajstić information content (AvgIpc) is 3.40. The first kappa shape index (κ1) is 21.9. The summed E-state index contributed by atoms with van der Waals surface area (Å²) in [7, 11) is 0. The Hall–Kier alpha value is -2.62. The molecule has 178 valence electrons. The molecule has 2 aromatic heterocycles. The van der Waals surface area contributed by atoms with E-state index in [4.69, 9.17) is 0 Å². The van der Waals surface area contributed by atoms with Crippen LogP contribution in [0.15, 0.2) is 41.3 Å². The third kappa shape index (κ3) is 4.28.